The van der Waals surface area contributed by atoms with E-state index in [-0.39, 0.29) is 10.8 Å². The van der Waals surface area contributed by atoms with Crippen LogP contribution >= 0.6 is 27.3 Å². The summed E-state index contributed by atoms with van der Waals surface area (Å²) in [6.07, 6.45) is 0. The monoisotopic (exact) mass is 388 g/mol. The van der Waals surface area contributed by atoms with Gasteiger partial charge in [-0.25, -0.2) is 13.1 Å². The van der Waals surface area contributed by atoms with Crippen molar-refractivity contribution < 1.29 is 8.42 Å². The van der Waals surface area contributed by atoms with E-state index < -0.39 is 10.0 Å². The number of benzene rings is 1. The number of sulfonamides is 1. The van der Waals surface area contributed by atoms with Crippen molar-refractivity contribution in [3.8, 4) is 0 Å². The minimum absolute atomic E-state index is 0.104. The Labute approximate surface area is 137 Å². The van der Waals surface area contributed by atoms with Crippen molar-refractivity contribution in [2.24, 2.45) is 5.73 Å². The largest absolute Gasteiger partial charge is 0.326 e. The smallest absolute Gasteiger partial charge is 0.242 e. The molecule has 1 aromatic carbocycles. The summed E-state index contributed by atoms with van der Waals surface area (Å²) in [6, 6.07) is 11.4. The van der Waals surface area contributed by atoms with Crippen molar-refractivity contribution >= 4 is 37.3 Å². The number of hydrogen-bond donors (Lipinski definition) is 2. The fourth-order valence-electron chi connectivity index (χ4n) is 1.89. The molecule has 114 valence electrons. The van der Waals surface area contributed by atoms with Gasteiger partial charge in [0.1, 0.15) is 4.90 Å². The Morgan fingerprint density at radius 2 is 2.00 bits per heavy atom. The maximum Gasteiger partial charge on any atom is 0.242 e. The summed E-state index contributed by atoms with van der Waals surface area (Å²) >= 11 is 4.63. The predicted molar refractivity (Wildman–Crippen MR) is 90.0 cm³/mol. The van der Waals surface area contributed by atoms with E-state index in [1.54, 1.807) is 6.07 Å². The Kier molecular flexibility index (Phi) is 5.56. The van der Waals surface area contributed by atoms with Crippen LogP contribution in [0.1, 0.15) is 23.3 Å². The molecule has 0 amide bonds. The maximum atomic E-state index is 12.3. The van der Waals surface area contributed by atoms with Crippen LogP contribution in [0.3, 0.4) is 0 Å². The van der Waals surface area contributed by atoms with Gasteiger partial charge in [-0.2, -0.15) is 0 Å². The second-order valence-electron chi connectivity index (χ2n) is 4.72. The van der Waals surface area contributed by atoms with Gasteiger partial charge in [0.25, 0.3) is 0 Å². The third kappa shape index (κ3) is 4.14. The number of halogens is 1. The van der Waals surface area contributed by atoms with Crippen molar-refractivity contribution in [1.82, 2.24) is 4.72 Å². The molecule has 21 heavy (non-hydrogen) atoms. The lowest BCUT2D eigenvalue weighted by Gasteiger charge is -2.13. The first-order valence-electron chi connectivity index (χ1n) is 6.47. The standard InChI is InChI=1S/C14H17BrN2O2S2/c1-10(11-5-3-2-4-6-11)9-17-21(18,19)13-7-12(8-16)20-14(13)15/h2-7,10,17H,8-9,16H2,1H3. The number of rotatable bonds is 6. The first kappa shape index (κ1) is 16.6. The molecule has 4 nitrogen and oxygen atoms in total. The van der Waals surface area contributed by atoms with Crippen molar-refractivity contribution in [2.75, 3.05) is 6.54 Å². The zero-order valence-corrected chi connectivity index (χ0v) is 14.8. The minimum Gasteiger partial charge on any atom is -0.326 e. The van der Waals surface area contributed by atoms with Crippen LogP contribution in [0.5, 0.6) is 0 Å². The van der Waals surface area contributed by atoms with E-state index in [4.69, 9.17) is 5.73 Å². The molecule has 0 bridgehead atoms. The second-order valence-corrected chi connectivity index (χ2v) is 8.91. The summed E-state index contributed by atoms with van der Waals surface area (Å²) in [5.41, 5.74) is 6.65. The lowest BCUT2D eigenvalue weighted by molar-refractivity contribution is 0.575. The molecule has 1 heterocycles. The molecule has 2 rings (SSSR count). The van der Waals surface area contributed by atoms with Gasteiger partial charge in [0.05, 0.1) is 3.79 Å². The molecule has 0 fully saturated rings. The molecule has 3 N–H and O–H groups in total. The Bertz CT molecular complexity index is 699. The Hall–Kier alpha value is -0.730. The fraction of sp³-hybridized carbons (Fsp3) is 0.286. The molecule has 0 aliphatic heterocycles. The lowest BCUT2D eigenvalue weighted by Crippen LogP contribution is -2.27. The average molecular weight is 389 g/mol. The molecule has 1 aromatic heterocycles. The van der Waals surface area contributed by atoms with E-state index in [0.717, 1.165) is 10.4 Å². The van der Waals surface area contributed by atoms with E-state index in [1.165, 1.54) is 11.3 Å². The van der Waals surface area contributed by atoms with Crippen LogP contribution in [-0.2, 0) is 16.6 Å². The second kappa shape index (κ2) is 7.02. The molecule has 0 saturated heterocycles. The third-order valence-electron chi connectivity index (χ3n) is 3.15. The molecule has 0 radical (unpaired) electrons. The highest BCUT2D eigenvalue weighted by Crippen LogP contribution is 2.31. The number of nitrogens with two attached hydrogens (primary N) is 1. The number of thiophene rings is 1. The molecule has 7 heteroatoms. The third-order valence-corrected chi connectivity index (χ3v) is 6.84. The number of nitrogens with one attached hydrogen (secondary N) is 1. The summed E-state index contributed by atoms with van der Waals surface area (Å²) < 4.78 is 27.9. The molecule has 0 aliphatic rings. The van der Waals surface area contributed by atoms with Crippen LogP contribution in [0.15, 0.2) is 45.1 Å². The van der Waals surface area contributed by atoms with Gasteiger partial charge in [-0.05, 0) is 33.5 Å². The molecule has 1 unspecified atom stereocenters. The molecular weight excluding hydrogens is 372 g/mol. The van der Waals surface area contributed by atoms with E-state index >= 15 is 0 Å². The van der Waals surface area contributed by atoms with E-state index in [2.05, 4.69) is 20.7 Å². The average Bonchev–Trinajstić information content (AvgIpc) is 2.88. The lowest BCUT2D eigenvalue weighted by atomic mass is 10.0. The summed E-state index contributed by atoms with van der Waals surface area (Å²) in [5, 5.41) is 0. The van der Waals surface area contributed by atoms with Gasteiger partial charge in [0.15, 0.2) is 0 Å². The van der Waals surface area contributed by atoms with Gasteiger partial charge in [-0.1, -0.05) is 37.3 Å². The van der Waals surface area contributed by atoms with Crippen molar-refractivity contribution in [3.63, 3.8) is 0 Å². The normalized spacial score (nSPS) is 13.3. The summed E-state index contributed by atoms with van der Waals surface area (Å²) in [6.45, 7) is 2.68. The highest BCUT2D eigenvalue weighted by molar-refractivity contribution is 9.11. The van der Waals surface area contributed by atoms with Gasteiger partial charge >= 0.3 is 0 Å². The van der Waals surface area contributed by atoms with Crippen LogP contribution in [0.2, 0.25) is 0 Å². The van der Waals surface area contributed by atoms with Gasteiger partial charge in [-0.3, -0.25) is 0 Å². The molecule has 0 spiro atoms. The first-order valence-corrected chi connectivity index (χ1v) is 9.56. The SMILES string of the molecule is CC(CNS(=O)(=O)c1cc(CN)sc1Br)c1ccccc1. The fourth-order valence-corrected chi connectivity index (χ4v) is 5.58. The van der Waals surface area contributed by atoms with Crippen LogP contribution in [0, 0.1) is 0 Å². The van der Waals surface area contributed by atoms with Crippen LogP contribution in [0.25, 0.3) is 0 Å². The van der Waals surface area contributed by atoms with Gasteiger partial charge in [-0.15, -0.1) is 11.3 Å². The summed E-state index contributed by atoms with van der Waals surface area (Å²) in [4.78, 5) is 1.09. The zero-order chi connectivity index (χ0) is 15.5. The van der Waals surface area contributed by atoms with E-state index in [0.29, 0.717) is 16.9 Å². The highest BCUT2D eigenvalue weighted by Gasteiger charge is 2.21. The summed E-state index contributed by atoms with van der Waals surface area (Å²) in [5.74, 6) is 0.104. The Balaban J connectivity index is 2.09. The topological polar surface area (TPSA) is 72.2 Å². The van der Waals surface area contributed by atoms with Crippen molar-refractivity contribution in [1.29, 1.82) is 0 Å². The quantitative estimate of drug-likeness (QED) is 0.798. The molecule has 0 aliphatic carbocycles. The predicted octanol–water partition coefficient (Wildman–Crippen LogP) is 3.05. The Morgan fingerprint density at radius 1 is 1.33 bits per heavy atom. The molecule has 0 saturated carbocycles. The Morgan fingerprint density at radius 3 is 2.57 bits per heavy atom. The number of hydrogen-bond acceptors (Lipinski definition) is 4. The summed E-state index contributed by atoms with van der Waals surface area (Å²) in [7, 11) is -3.53. The van der Waals surface area contributed by atoms with Crippen LogP contribution in [0.4, 0.5) is 0 Å². The molecular formula is C14H17BrN2O2S2. The van der Waals surface area contributed by atoms with Gasteiger partial charge in [0, 0.05) is 18.0 Å². The van der Waals surface area contributed by atoms with E-state index in [9.17, 15) is 8.42 Å². The zero-order valence-electron chi connectivity index (χ0n) is 11.5. The highest BCUT2D eigenvalue weighted by atomic mass is 79.9. The van der Waals surface area contributed by atoms with Crippen LogP contribution < -0.4 is 10.5 Å². The van der Waals surface area contributed by atoms with E-state index in [1.807, 2.05) is 37.3 Å². The van der Waals surface area contributed by atoms with Gasteiger partial charge < -0.3 is 5.73 Å². The molecule has 1 atom stereocenters. The van der Waals surface area contributed by atoms with Crippen molar-refractivity contribution in [2.45, 2.75) is 24.3 Å². The van der Waals surface area contributed by atoms with Crippen molar-refractivity contribution in [3.05, 3.63) is 50.6 Å². The maximum absolute atomic E-state index is 12.3. The molecule has 2 aromatic rings. The van der Waals surface area contributed by atoms with Crippen LogP contribution in [-0.4, -0.2) is 15.0 Å². The van der Waals surface area contributed by atoms with Gasteiger partial charge in [0.2, 0.25) is 10.0 Å². The first-order chi connectivity index (χ1) is 9.94. The minimum atomic E-state index is -3.53.